The molecule has 0 saturated carbocycles. The summed E-state index contributed by atoms with van der Waals surface area (Å²) in [5, 5.41) is 11.9. The zero-order valence-electron chi connectivity index (χ0n) is 10.3. The number of hydrogen-bond donors (Lipinski definition) is 2. The average Bonchev–Trinajstić information content (AvgIpc) is 2.78. The molecular weight excluding hydrogens is 232 g/mol. The molecule has 1 aromatic carbocycles. The lowest BCUT2D eigenvalue weighted by Gasteiger charge is -2.17. The molecule has 96 valence electrons. The number of benzene rings is 1. The van der Waals surface area contributed by atoms with Crippen molar-refractivity contribution in [2.45, 2.75) is 13.3 Å². The Bertz CT molecular complexity index is 485. The van der Waals surface area contributed by atoms with Crippen LogP contribution in [0.15, 0.2) is 18.2 Å². The fourth-order valence-electron chi connectivity index (χ4n) is 2.12. The first-order valence-corrected chi connectivity index (χ1v) is 6.00. The van der Waals surface area contributed by atoms with Crippen molar-refractivity contribution in [3.05, 3.63) is 29.3 Å². The molecule has 0 aromatic heterocycles. The number of nitrogens with zero attached hydrogens (tertiary/aromatic N) is 1. The highest BCUT2D eigenvalue weighted by atomic mass is 16.4. The molecule has 0 unspecified atom stereocenters. The van der Waals surface area contributed by atoms with E-state index in [0.29, 0.717) is 19.5 Å². The monoisotopic (exact) mass is 248 g/mol. The molecule has 1 amide bonds. The Balaban J connectivity index is 2.18. The SMILES string of the molecule is CCNCC(=O)N1CCc2cc(C(=O)O)ccc21. The third-order valence-electron chi connectivity index (χ3n) is 3.05. The van der Waals surface area contributed by atoms with Crippen molar-refractivity contribution in [1.82, 2.24) is 5.32 Å². The second-order valence-electron chi connectivity index (χ2n) is 4.22. The Morgan fingerprint density at radius 1 is 1.44 bits per heavy atom. The molecular formula is C13H16N2O3. The Kier molecular flexibility index (Phi) is 3.62. The van der Waals surface area contributed by atoms with Gasteiger partial charge < -0.3 is 15.3 Å². The van der Waals surface area contributed by atoms with Gasteiger partial charge in [0.25, 0.3) is 0 Å². The topological polar surface area (TPSA) is 69.6 Å². The van der Waals surface area contributed by atoms with Crippen LogP contribution < -0.4 is 10.2 Å². The quantitative estimate of drug-likeness (QED) is 0.830. The van der Waals surface area contributed by atoms with Gasteiger partial charge in [0.15, 0.2) is 0 Å². The number of nitrogens with one attached hydrogen (secondary N) is 1. The molecule has 5 heteroatoms. The first-order valence-electron chi connectivity index (χ1n) is 6.00. The lowest BCUT2D eigenvalue weighted by Crippen LogP contribution is -2.37. The molecule has 0 radical (unpaired) electrons. The summed E-state index contributed by atoms with van der Waals surface area (Å²) in [5.41, 5.74) is 2.04. The van der Waals surface area contributed by atoms with Crippen LogP contribution in [0.2, 0.25) is 0 Å². The van der Waals surface area contributed by atoms with Crippen LogP contribution in [0.5, 0.6) is 0 Å². The molecule has 2 rings (SSSR count). The number of fused-ring (bicyclic) bond motifs is 1. The maximum absolute atomic E-state index is 11.9. The van der Waals surface area contributed by atoms with Crippen LogP contribution >= 0.6 is 0 Å². The van der Waals surface area contributed by atoms with E-state index in [0.717, 1.165) is 17.8 Å². The number of anilines is 1. The van der Waals surface area contributed by atoms with Gasteiger partial charge in [0.1, 0.15) is 0 Å². The maximum atomic E-state index is 11.9. The first-order chi connectivity index (χ1) is 8.63. The van der Waals surface area contributed by atoms with Crippen LogP contribution in [-0.4, -0.2) is 36.6 Å². The number of carbonyl (C=O) groups excluding carboxylic acids is 1. The van der Waals surface area contributed by atoms with E-state index in [9.17, 15) is 9.59 Å². The summed E-state index contributed by atoms with van der Waals surface area (Å²) in [5.74, 6) is -0.908. The van der Waals surface area contributed by atoms with E-state index < -0.39 is 5.97 Å². The van der Waals surface area contributed by atoms with Gasteiger partial charge in [-0.25, -0.2) is 4.79 Å². The third-order valence-corrected chi connectivity index (χ3v) is 3.05. The van der Waals surface area contributed by atoms with Crippen LogP contribution in [0, 0.1) is 0 Å². The van der Waals surface area contributed by atoms with E-state index in [-0.39, 0.29) is 11.5 Å². The van der Waals surface area contributed by atoms with Gasteiger partial charge >= 0.3 is 5.97 Å². The summed E-state index contributed by atoms with van der Waals surface area (Å²) >= 11 is 0. The molecule has 0 spiro atoms. The Hall–Kier alpha value is -1.88. The van der Waals surface area contributed by atoms with Gasteiger partial charge in [-0.15, -0.1) is 0 Å². The minimum Gasteiger partial charge on any atom is -0.478 e. The zero-order valence-corrected chi connectivity index (χ0v) is 10.3. The highest BCUT2D eigenvalue weighted by Crippen LogP contribution is 2.28. The number of carbonyl (C=O) groups is 2. The molecule has 0 bridgehead atoms. The minimum absolute atomic E-state index is 0.0266. The highest BCUT2D eigenvalue weighted by molar-refractivity contribution is 5.98. The van der Waals surface area contributed by atoms with Crippen LogP contribution in [0.3, 0.4) is 0 Å². The fourth-order valence-corrected chi connectivity index (χ4v) is 2.12. The van der Waals surface area contributed by atoms with Gasteiger partial charge in [-0.3, -0.25) is 4.79 Å². The predicted molar refractivity (Wildman–Crippen MR) is 68.0 cm³/mol. The number of carboxylic acids is 1. The number of carboxylic acid groups (broad SMARTS) is 1. The lowest BCUT2D eigenvalue weighted by atomic mass is 10.1. The van der Waals surface area contributed by atoms with E-state index in [1.54, 1.807) is 23.1 Å². The molecule has 0 atom stereocenters. The van der Waals surface area contributed by atoms with E-state index in [2.05, 4.69) is 5.32 Å². The van der Waals surface area contributed by atoms with Gasteiger partial charge in [0.2, 0.25) is 5.91 Å². The molecule has 1 aromatic rings. The van der Waals surface area contributed by atoms with Crippen molar-refractivity contribution in [3.63, 3.8) is 0 Å². The van der Waals surface area contributed by atoms with E-state index in [4.69, 9.17) is 5.11 Å². The summed E-state index contributed by atoms with van der Waals surface area (Å²) in [4.78, 5) is 24.5. The van der Waals surface area contributed by atoms with Crippen LogP contribution in [-0.2, 0) is 11.2 Å². The normalized spacial score (nSPS) is 13.5. The van der Waals surface area contributed by atoms with Crippen LogP contribution in [0.4, 0.5) is 5.69 Å². The predicted octanol–water partition coefficient (Wildman–Crippen LogP) is 0.883. The van der Waals surface area contributed by atoms with Gasteiger partial charge in [-0.1, -0.05) is 6.92 Å². The second kappa shape index (κ2) is 5.18. The molecule has 0 fully saturated rings. The van der Waals surface area contributed by atoms with Crippen LogP contribution in [0.1, 0.15) is 22.8 Å². The van der Waals surface area contributed by atoms with Gasteiger partial charge in [-0.05, 0) is 36.7 Å². The van der Waals surface area contributed by atoms with Crippen molar-refractivity contribution in [2.75, 3.05) is 24.5 Å². The van der Waals surface area contributed by atoms with Crippen LogP contribution in [0.25, 0.3) is 0 Å². The molecule has 1 aliphatic heterocycles. The molecule has 0 saturated heterocycles. The minimum atomic E-state index is -0.935. The molecule has 1 aliphatic rings. The molecule has 2 N–H and O–H groups in total. The van der Waals surface area contributed by atoms with E-state index >= 15 is 0 Å². The summed E-state index contributed by atoms with van der Waals surface area (Å²) in [6.07, 6.45) is 0.717. The van der Waals surface area contributed by atoms with Crippen molar-refractivity contribution >= 4 is 17.6 Å². The summed E-state index contributed by atoms with van der Waals surface area (Å²) in [6.45, 7) is 3.65. The summed E-state index contributed by atoms with van der Waals surface area (Å²) in [6, 6.07) is 4.91. The summed E-state index contributed by atoms with van der Waals surface area (Å²) < 4.78 is 0. The van der Waals surface area contributed by atoms with Crippen molar-refractivity contribution in [3.8, 4) is 0 Å². The van der Waals surface area contributed by atoms with E-state index in [1.165, 1.54) is 0 Å². The van der Waals surface area contributed by atoms with Gasteiger partial charge in [-0.2, -0.15) is 0 Å². The third kappa shape index (κ3) is 2.36. The number of aromatic carboxylic acids is 1. The van der Waals surface area contributed by atoms with Crippen molar-refractivity contribution in [2.24, 2.45) is 0 Å². The summed E-state index contributed by atoms with van der Waals surface area (Å²) in [7, 11) is 0. The van der Waals surface area contributed by atoms with Crippen molar-refractivity contribution < 1.29 is 14.7 Å². The standard InChI is InChI=1S/C13H16N2O3/c1-2-14-8-12(16)15-6-5-9-7-10(13(17)18)3-4-11(9)15/h3-4,7,14H,2,5-6,8H2,1H3,(H,17,18). The number of amides is 1. The van der Waals surface area contributed by atoms with Gasteiger partial charge in [0.05, 0.1) is 12.1 Å². The highest BCUT2D eigenvalue weighted by Gasteiger charge is 2.24. The lowest BCUT2D eigenvalue weighted by molar-refractivity contribution is -0.117. The van der Waals surface area contributed by atoms with Crippen molar-refractivity contribution in [1.29, 1.82) is 0 Å². The maximum Gasteiger partial charge on any atom is 0.335 e. The Labute approximate surface area is 105 Å². The molecule has 5 nitrogen and oxygen atoms in total. The molecule has 1 heterocycles. The average molecular weight is 248 g/mol. The number of rotatable bonds is 4. The number of likely N-dealkylation sites (N-methyl/N-ethyl adjacent to an activating group) is 1. The Morgan fingerprint density at radius 2 is 2.22 bits per heavy atom. The first kappa shape index (κ1) is 12.6. The van der Waals surface area contributed by atoms with E-state index in [1.807, 2.05) is 6.92 Å². The second-order valence-corrected chi connectivity index (χ2v) is 4.22. The Morgan fingerprint density at radius 3 is 2.89 bits per heavy atom. The molecule has 18 heavy (non-hydrogen) atoms. The number of hydrogen-bond acceptors (Lipinski definition) is 3. The molecule has 0 aliphatic carbocycles. The fraction of sp³-hybridized carbons (Fsp3) is 0.385. The largest absolute Gasteiger partial charge is 0.478 e. The van der Waals surface area contributed by atoms with Gasteiger partial charge in [0, 0.05) is 12.2 Å². The smallest absolute Gasteiger partial charge is 0.335 e. The zero-order chi connectivity index (χ0) is 13.1.